The van der Waals surface area contributed by atoms with Gasteiger partial charge in [0.05, 0.1) is 17.5 Å². The summed E-state index contributed by atoms with van der Waals surface area (Å²) in [6.45, 7) is 7.20. The van der Waals surface area contributed by atoms with Crippen LogP contribution in [0, 0.1) is 6.92 Å². The highest BCUT2D eigenvalue weighted by molar-refractivity contribution is 8.16. The van der Waals surface area contributed by atoms with Gasteiger partial charge in [0.2, 0.25) is 0 Å². The van der Waals surface area contributed by atoms with Gasteiger partial charge in [-0.3, -0.25) is 4.79 Å². The predicted octanol–water partition coefficient (Wildman–Crippen LogP) is 3.73. The second-order valence-electron chi connectivity index (χ2n) is 10.1. The maximum Gasteiger partial charge on any atom is 0.408 e. The van der Waals surface area contributed by atoms with Gasteiger partial charge >= 0.3 is 6.09 Å². The number of thioether (sulfide) groups is 1. The third-order valence-electron chi connectivity index (χ3n) is 5.92. The van der Waals surface area contributed by atoms with E-state index in [4.69, 9.17) is 4.74 Å². The molecule has 0 saturated carbocycles. The Labute approximate surface area is 216 Å². The van der Waals surface area contributed by atoms with E-state index in [1.807, 2.05) is 66.4 Å². The molecule has 10 heteroatoms. The molecule has 0 spiro atoms. The van der Waals surface area contributed by atoms with Crippen molar-refractivity contribution < 1.29 is 22.7 Å². The summed E-state index contributed by atoms with van der Waals surface area (Å²) in [6, 6.07) is 15.8. The zero-order valence-electron chi connectivity index (χ0n) is 20.8. The molecule has 2 amide bonds. The lowest BCUT2D eigenvalue weighted by atomic mass is 10.1. The van der Waals surface area contributed by atoms with Gasteiger partial charge in [-0.05, 0) is 44.9 Å². The maximum atomic E-state index is 13.5. The van der Waals surface area contributed by atoms with Crippen LogP contribution in [0.4, 0.5) is 10.5 Å². The fourth-order valence-corrected chi connectivity index (χ4v) is 8.26. The van der Waals surface area contributed by atoms with Gasteiger partial charge in [-0.2, -0.15) is 4.99 Å². The Morgan fingerprint density at radius 2 is 1.78 bits per heavy atom. The molecule has 0 unspecified atom stereocenters. The highest BCUT2D eigenvalue weighted by atomic mass is 32.2. The molecule has 0 radical (unpaired) electrons. The number of fused-ring (bicyclic) bond motifs is 1. The van der Waals surface area contributed by atoms with E-state index in [9.17, 15) is 18.0 Å². The Kier molecular flexibility index (Phi) is 7.47. The SMILES string of the molecule is Cc1ccccc1N1C(=NC(=O)[C@@H](Cc2ccccc2)NC(=O)OC(C)(C)C)S[C@@H]2CS(=O)(=O)C[C@H]21. The molecule has 2 aliphatic rings. The van der Waals surface area contributed by atoms with Crippen LogP contribution in [-0.4, -0.2) is 60.0 Å². The zero-order chi connectivity index (χ0) is 26.1. The molecule has 1 N–H and O–H groups in total. The lowest BCUT2D eigenvalue weighted by Crippen LogP contribution is -2.45. The molecular formula is C26H31N3O5S2. The molecule has 36 heavy (non-hydrogen) atoms. The van der Waals surface area contributed by atoms with E-state index in [1.165, 1.54) is 11.8 Å². The molecule has 2 heterocycles. The largest absolute Gasteiger partial charge is 0.444 e. The van der Waals surface area contributed by atoms with Crippen LogP contribution >= 0.6 is 11.8 Å². The van der Waals surface area contributed by atoms with E-state index in [0.29, 0.717) is 5.17 Å². The number of aryl methyl sites for hydroxylation is 1. The van der Waals surface area contributed by atoms with E-state index in [2.05, 4.69) is 10.3 Å². The number of alkyl carbamates (subject to hydrolysis) is 1. The summed E-state index contributed by atoms with van der Waals surface area (Å²) in [7, 11) is -3.18. The number of carbonyl (C=O) groups excluding carboxylic acids is 2. The summed E-state index contributed by atoms with van der Waals surface area (Å²) < 4.78 is 30.1. The van der Waals surface area contributed by atoms with Crippen LogP contribution in [0.15, 0.2) is 59.6 Å². The molecule has 4 rings (SSSR count). The lowest BCUT2D eigenvalue weighted by Gasteiger charge is -2.26. The summed E-state index contributed by atoms with van der Waals surface area (Å²) >= 11 is 1.31. The minimum Gasteiger partial charge on any atom is -0.444 e. The van der Waals surface area contributed by atoms with Crippen molar-refractivity contribution in [3.63, 3.8) is 0 Å². The van der Waals surface area contributed by atoms with Crippen LogP contribution in [0.3, 0.4) is 0 Å². The van der Waals surface area contributed by atoms with Crippen LogP contribution in [0.2, 0.25) is 0 Å². The smallest absolute Gasteiger partial charge is 0.408 e. The third kappa shape index (κ3) is 6.28. The number of para-hydroxylation sites is 1. The fraction of sp³-hybridized carbons (Fsp3) is 0.423. The van der Waals surface area contributed by atoms with Crippen molar-refractivity contribution in [2.75, 3.05) is 16.4 Å². The van der Waals surface area contributed by atoms with E-state index >= 15 is 0 Å². The summed E-state index contributed by atoms with van der Waals surface area (Å²) in [5, 5.41) is 2.92. The summed E-state index contributed by atoms with van der Waals surface area (Å²) in [5.41, 5.74) is 1.92. The topological polar surface area (TPSA) is 105 Å². The standard InChI is InChI=1S/C26H31N3O5S2/c1-17-10-8-9-13-20(17)29-21-15-36(32,33)16-22(21)35-24(29)28-23(30)19(14-18-11-6-5-7-12-18)27-25(31)34-26(2,3)4/h5-13,19,21-22H,14-16H2,1-4H3,(H,27,31)/t19-,21-,22-/m1/s1. The first-order valence-corrected chi connectivity index (χ1v) is 14.5. The van der Waals surface area contributed by atoms with E-state index in [1.54, 1.807) is 20.8 Å². The molecular weight excluding hydrogens is 498 g/mol. The van der Waals surface area contributed by atoms with Crippen molar-refractivity contribution in [3.05, 3.63) is 65.7 Å². The van der Waals surface area contributed by atoms with Crippen molar-refractivity contribution in [3.8, 4) is 0 Å². The number of amidine groups is 1. The average molecular weight is 530 g/mol. The van der Waals surface area contributed by atoms with Gasteiger partial charge in [-0.1, -0.05) is 60.3 Å². The number of anilines is 1. The highest BCUT2D eigenvalue weighted by Gasteiger charge is 2.49. The van der Waals surface area contributed by atoms with E-state index in [-0.39, 0.29) is 29.2 Å². The first kappa shape index (κ1) is 26.2. The molecule has 2 aromatic rings. The molecule has 192 valence electrons. The summed E-state index contributed by atoms with van der Waals surface area (Å²) in [6.07, 6.45) is -0.457. The number of ether oxygens (including phenoxy) is 1. The molecule has 8 nitrogen and oxygen atoms in total. The van der Waals surface area contributed by atoms with E-state index in [0.717, 1.165) is 16.8 Å². The summed E-state index contributed by atoms with van der Waals surface area (Å²) in [4.78, 5) is 32.4. The Morgan fingerprint density at radius 3 is 2.44 bits per heavy atom. The number of nitrogens with zero attached hydrogens (tertiary/aromatic N) is 2. The van der Waals surface area contributed by atoms with Gasteiger partial charge in [-0.15, -0.1) is 0 Å². The van der Waals surface area contributed by atoms with E-state index < -0.39 is 33.5 Å². The fourth-order valence-electron chi connectivity index (χ4n) is 4.35. The normalized spacial score (nSPS) is 22.8. The van der Waals surface area contributed by atoms with Gasteiger partial charge in [0.25, 0.3) is 5.91 Å². The Hall–Kier alpha value is -2.85. The average Bonchev–Trinajstić information content (AvgIpc) is 3.24. The second kappa shape index (κ2) is 10.3. The first-order valence-electron chi connectivity index (χ1n) is 11.8. The zero-order valence-corrected chi connectivity index (χ0v) is 22.4. The van der Waals surface area contributed by atoms with Gasteiger partial charge in [0.1, 0.15) is 11.6 Å². The van der Waals surface area contributed by atoms with Crippen molar-refractivity contribution in [1.82, 2.24) is 5.32 Å². The van der Waals surface area contributed by atoms with Crippen molar-refractivity contribution in [2.45, 2.75) is 57.1 Å². The van der Waals surface area contributed by atoms with Gasteiger partial charge in [0.15, 0.2) is 15.0 Å². The van der Waals surface area contributed by atoms with Gasteiger partial charge < -0.3 is 15.0 Å². The first-order chi connectivity index (χ1) is 16.9. The number of nitrogens with one attached hydrogen (secondary N) is 1. The Morgan fingerprint density at radius 1 is 1.11 bits per heavy atom. The van der Waals surface area contributed by atoms with Crippen LogP contribution in [0.5, 0.6) is 0 Å². The Bertz CT molecular complexity index is 1270. The van der Waals surface area contributed by atoms with Crippen LogP contribution in [-0.2, 0) is 25.8 Å². The lowest BCUT2D eigenvalue weighted by molar-refractivity contribution is -0.119. The number of benzene rings is 2. The number of sulfone groups is 1. The monoisotopic (exact) mass is 529 g/mol. The molecule has 0 bridgehead atoms. The summed E-state index contributed by atoms with van der Waals surface area (Å²) in [5.74, 6) is -0.467. The molecule has 2 saturated heterocycles. The number of rotatable bonds is 5. The quantitative estimate of drug-likeness (QED) is 0.629. The molecule has 0 aromatic heterocycles. The molecule has 2 aliphatic heterocycles. The number of hydrogen-bond acceptors (Lipinski definition) is 6. The molecule has 0 aliphatic carbocycles. The highest BCUT2D eigenvalue weighted by Crippen LogP contribution is 2.41. The van der Waals surface area contributed by atoms with Gasteiger partial charge in [-0.25, -0.2) is 13.2 Å². The molecule has 2 fully saturated rings. The Balaban J connectivity index is 1.66. The number of amides is 2. The van der Waals surface area contributed by atoms with Crippen LogP contribution < -0.4 is 10.2 Å². The van der Waals surface area contributed by atoms with Crippen LogP contribution in [0.25, 0.3) is 0 Å². The predicted molar refractivity (Wildman–Crippen MR) is 143 cm³/mol. The van der Waals surface area contributed by atoms with Crippen molar-refractivity contribution in [2.24, 2.45) is 4.99 Å². The number of hydrogen-bond donors (Lipinski definition) is 1. The molecule has 2 aromatic carbocycles. The number of carbonyl (C=O) groups is 2. The second-order valence-corrected chi connectivity index (χ2v) is 13.4. The van der Waals surface area contributed by atoms with Crippen LogP contribution in [0.1, 0.15) is 31.9 Å². The third-order valence-corrected chi connectivity index (χ3v) is 9.13. The minimum atomic E-state index is -3.18. The molecule has 3 atom stereocenters. The maximum absolute atomic E-state index is 13.5. The minimum absolute atomic E-state index is 0.00974. The van der Waals surface area contributed by atoms with Crippen molar-refractivity contribution in [1.29, 1.82) is 0 Å². The van der Waals surface area contributed by atoms with Crippen molar-refractivity contribution >= 4 is 44.5 Å². The number of aliphatic imine (C=N–C) groups is 1. The van der Waals surface area contributed by atoms with Gasteiger partial charge in [0, 0.05) is 17.4 Å².